The zero-order valence-electron chi connectivity index (χ0n) is 16.2. The molecule has 1 aromatic carbocycles. The molecule has 1 spiro atoms. The summed E-state index contributed by atoms with van der Waals surface area (Å²) in [5.74, 6) is 1.11. The lowest BCUT2D eigenvalue weighted by molar-refractivity contribution is 0.0496. The van der Waals surface area contributed by atoms with E-state index >= 15 is 0 Å². The van der Waals surface area contributed by atoms with Crippen LogP contribution in [0.5, 0.6) is 0 Å². The van der Waals surface area contributed by atoms with E-state index in [1.807, 2.05) is 6.33 Å². The molecule has 1 saturated heterocycles. The van der Waals surface area contributed by atoms with Crippen LogP contribution in [0.1, 0.15) is 36.7 Å². The third-order valence-electron chi connectivity index (χ3n) is 6.60. The van der Waals surface area contributed by atoms with Crippen LogP contribution in [0.15, 0.2) is 36.7 Å². The van der Waals surface area contributed by atoms with Gasteiger partial charge in [0.2, 0.25) is 0 Å². The lowest BCUT2D eigenvalue weighted by atomic mass is 9.78. The molecule has 2 aliphatic rings. The molecule has 1 fully saturated rings. The third-order valence-corrected chi connectivity index (χ3v) is 6.60. The van der Waals surface area contributed by atoms with Crippen molar-refractivity contribution >= 4 is 16.7 Å². The van der Waals surface area contributed by atoms with Gasteiger partial charge in [-0.1, -0.05) is 25.1 Å². The third kappa shape index (κ3) is 2.56. The maximum atomic E-state index is 4.96. The minimum atomic E-state index is 0.0880. The number of benzene rings is 1. The van der Waals surface area contributed by atoms with Crippen molar-refractivity contribution in [1.82, 2.24) is 19.9 Å². The predicted molar refractivity (Wildman–Crippen MR) is 109 cm³/mol. The van der Waals surface area contributed by atoms with E-state index in [2.05, 4.69) is 59.0 Å². The number of pyridine rings is 1. The molecule has 2 aromatic heterocycles. The molecule has 27 heavy (non-hydrogen) atoms. The summed E-state index contributed by atoms with van der Waals surface area (Å²) in [4.78, 5) is 18.2. The smallest absolute Gasteiger partial charge is 0.129 e. The van der Waals surface area contributed by atoms with Gasteiger partial charge < -0.3 is 9.88 Å². The van der Waals surface area contributed by atoms with Crippen molar-refractivity contribution in [3.05, 3.63) is 53.6 Å². The van der Waals surface area contributed by atoms with E-state index in [9.17, 15) is 0 Å². The van der Waals surface area contributed by atoms with Gasteiger partial charge in [0.1, 0.15) is 5.82 Å². The second kappa shape index (κ2) is 6.34. The Kier molecular flexibility index (Phi) is 3.93. The van der Waals surface area contributed by atoms with Gasteiger partial charge in [-0.25, -0.2) is 9.97 Å². The molecule has 0 bridgehead atoms. The number of imidazole rings is 1. The van der Waals surface area contributed by atoms with Crippen molar-refractivity contribution in [2.45, 2.75) is 38.6 Å². The minimum absolute atomic E-state index is 0.0880. The largest absolute Gasteiger partial charge is 0.356 e. The molecule has 0 unspecified atom stereocenters. The zero-order chi connectivity index (χ0) is 18.4. The summed E-state index contributed by atoms with van der Waals surface area (Å²) >= 11 is 0. The second-order valence-electron chi connectivity index (χ2n) is 7.89. The number of fused-ring (bicyclic) bond motifs is 3. The van der Waals surface area contributed by atoms with Crippen LogP contribution < -0.4 is 4.90 Å². The Balaban J connectivity index is 1.45. The molecule has 3 aromatic rings. The average molecular weight is 361 g/mol. The van der Waals surface area contributed by atoms with E-state index in [-0.39, 0.29) is 5.54 Å². The number of anilines is 1. The number of para-hydroxylation sites is 1. The highest BCUT2D eigenvalue weighted by Crippen LogP contribution is 2.42. The fraction of sp³-hybridized carbons (Fsp3) is 0.455. The molecule has 4 heterocycles. The molecule has 0 atom stereocenters. The lowest BCUT2D eigenvalue weighted by Gasteiger charge is -2.50. The highest BCUT2D eigenvalue weighted by Gasteiger charge is 2.46. The Labute approximate surface area is 160 Å². The number of likely N-dealkylation sites (N-methyl/N-ethyl adjacent to an activating group) is 1. The Hall–Kier alpha value is -2.40. The molecule has 140 valence electrons. The molecule has 0 amide bonds. The van der Waals surface area contributed by atoms with Crippen molar-refractivity contribution in [2.24, 2.45) is 0 Å². The van der Waals surface area contributed by atoms with Crippen molar-refractivity contribution in [3.8, 4) is 0 Å². The highest BCUT2D eigenvalue weighted by molar-refractivity contribution is 5.83. The molecular weight excluding hydrogens is 334 g/mol. The summed E-state index contributed by atoms with van der Waals surface area (Å²) in [6, 6.07) is 10.7. The molecule has 5 heteroatoms. The van der Waals surface area contributed by atoms with E-state index in [0.29, 0.717) is 0 Å². The lowest BCUT2D eigenvalue weighted by Crippen LogP contribution is -2.56. The van der Waals surface area contributed by atoms with Gasteiger partial charge in [0.25, 0.3) is 0 Å². The van der Waals surface area contributed by atoms with Crippen molar-refractivity contribution in [1.29, 1.82) is 0 Å². The summed E-state index contributed by atoms with van der Waals surface area (Å²) < 4.78 is 0. The summed E-state index contributed by atoms with van der Waals surface area (Å²) in [6.07, 6.45) is 5.17. The normalized spacial score (nSPS) is 19.6. The first-order valence-electron chi connectivity index (χ1n) is 10.1. The van der Waals surface area contributed by atoms with Crippen molar-refractivity contribution in [2.75, 3.05) is 31.1 Å². The van der Waals surface area contributed by atoms with Gasteiger partial charge in [-0.15, -0.1) is 0 Å². The van der Waals surface area contributed by atoms with Gasteiger partial charge in [-0.3, -0.25) is 4.90 Å². The van der Waals surface area contributed by atoms with Gasteiger partial charge in [0.05, 0.1) is 23.1 Å². The average Bonchev–Trinajstić information content (AvgIpc) is 3.19. The Morgan fingerprint density at radius 3 is 2.78 bits per heavy atom. The molecule has 1 N–H and O–H groups in total. The number of hydrogen-bond acceptors (Lipinski definition) is 4. The molecular formula is C22H27N5. The molecule has 0 saturated carbocycles. The van der Waals surface area contributed by atoms with Gasteiger partial charge >= 0.3 is 0 Å². The Morgan fingerprint density at radius 2 is 1.96 bits per heavy atom. The molecule has 2 aliphatic heterocycles. The van der Waals surface area contributed by atoms with Crippen molar-refractivity contribution < 1.29 is 0 Å². The number of H-pyrrole nitrogens is 1. The van der Waals surface area contributed by atoms with Gasteiger partial charge in [0.15, 0.2) is 0 Å². The number of nitrogens with one attached hydrogen (secondary N) is 1. The van der Waals surface area contributed by atoms with Crippen LogP contribution in [0.4, 0.5) is 5.82 Å². The van der Waals surface area contributed by atoms with Gasteiger partial charge in [0, 0.05) is 37.1 Å². The SMILES string of the molecule is CCN1CCc2[nH]cnc2C12CCN(c1cc(C)c3ccccc3n1)CC2. The topological polar surface area (TPSA) is 48.1 Å². The van der Waals surface area contributed by atoms with E-state index in [1.165, 1.54) is 22.3 Å². The van der Waals surface area contributed by atoms with E-state index in [1.54, 1.807) is 0 Å². The summed E-state index contributed by atoms with van der Waals surface area (Å²) in [6.45, 7) is 8.72. The van der Waals surface area contributed by atoms with Crippen LogP contribution in [-0.4, -0.2) is 46.0 Å². The number of aromatic amines is 1. The van der Waals surface area contributed by atoms with Crippen LogP contribution in [0.25, 0.3) is 10.9 Å². The van der Waals surface area contributed by atoms with E-state index < -0.39 is 0 Å². The Bertz CT molecular complexity index is 968. The number of aromatic nitrogens is 3. The Morgan fingerprint density at radius 1 is 1.15 bits per heavy atom. The van der Waals surface area contributed by atoms with Crippen molar-refractivity contribution in [3.63, 3.8) is 0 Å². The van der Waals surface area contributed by atoms with E-state index in [4.69, 9.17) is 9.97 Å². The van der Waals surface area contributed by atoms with Gasteiger partial charge in [-0.05, 0) is 44.0 Å². The van der Waals surface area contributed by atoms with E-state index in [0.717, 1.165) is 56.8 Å². The molecule has 5 rings (SSSR count). The predicted octanol–water partition coefficient (Wildman–Crippen LogP) is 3.64. The standard InChI is InChI=1S/C22H27N5/c1-3-27-11-8-19-21(24-15-23-19)22(27)9-12-26(13-10-22)20-14-16(2)17-6-4-5-7-18(17)25-20/h4-7,14-15H,3,8-13H2,1-2H3,(H,23,24). The number of hydrogen-bond donors (Lipinski definition) is 1. The highest BCUT2D eigenvalue weighted by atomic mass is 15.3. The fourth-order valence-corrected chi connectivity index (χ4v) is 5.14. The molecule has 0 radical (unpaired) electrons. The van der Waals surface area contributed by atoms with Gasteiger partial charge in [-0.2, -0.15) is 0 Å². The number of piperidine rings is 1. The fourth-order valence-electron chi connectivity index (χ4n) is 5.14. The zero-order valence-corrected chi connectivity index (χ0v) is 16.2. The first-order valence-corrected chi connectivity index (χ1v) is 10.1. The number of rotatable bonds is 2. The maximum absolute atomic E-state index is 4.96. The molecule has 5 nitrogen and oxygen atoms in total. The van der Waals surface area contributed by atoms with Crippen LogP contribution in [0, 0.1) is 6.92 Å². The maximum Gasteiger partial charge on any atom is 0.129 e. The first-order chi connectivity index (χ1) is 13.2. The van der Waals surface area contributed by atoms with Crippen LogP contribution in [-0.2, 0) is 12.0 Å². The minimum Gasteiger partial charge on any atom is -0.356 e. The number of aryl methyl sites for hydroxylation is 1. The summed E-state index contributed by atoms with van der Waals surface area (Å²) in [5, 5.41) is 1.25. The first kappa shape index (κ1) is 16.8. The second-order valence-corrected chi connectivity index (χ2v) is 7.89. The summed E-state index contributed by atoms with van der Waals surface area (Å²) in [5.41, 5.74) is 5.12. The quantitative estimate of drug-likeness (QED) is 0.757. The monoisotopic (exact) mass is 361 g/mol. The van der Waals surface area contributed by atoms with Crippen LogP contribution in [0.2, 0.25) is 0 Å². The van der Waals surface area contributed by atoms with Crippen LogP contribution in [0.3, 0.4) is 0 Å². The van der Waals surface area contributed by atoms with Crippen LogP contribution >= 0.6 is 0 Å². The number of nitrogens with zero attached hydrogens (tertiary/aromatic N) is 4. The molecule has 0 aliphatic carbocycles. The summed E-state index contributed by atoms with van der Waals surface area (Å²) in [7, 11) is 0.